The summed E-state index contributed by atoms with van der Waals surface area (Å²) >= 11 is 0. The van der Waals surface area contributed by atoms with E-state index < -0.39 is 17.3 Å². The van der Waals surface area contributed by atoms with Gasteiger partial charge >= 0.3 is 6.18 Å². The summed E-state index contributed by atoms with van der Waals surface area (Å²) < 4.78 is 46.1. The Hall–Kier alpha value is -2.71. The maximum absolute atomic E-state index is 13.5. The summed E-state index contributed by atoms with van der Waals surface area (Å²) in [7, 11) is 3.21. The van der Waals surface area contributed by atoms with E-state index in [4.69, 9.17) is 4.74 Å². The molecule has 0 saturated heterocycles. The van der Waals surface area contributed by atoms with Gasteiger partial charge in [0.05, 0.1) is 18.7 Å². The molecule has 6 nitrogen and oxygen atoms in total. The fraction of sp³-hybridized carbons (Fsp3) is 0.500. The number of benzene rings is 1. The zero-order chi connectivity index (χ0) is 22.2. The van der Waals surface area contributed by atoms with Crippen molar-refractivity contribution < 1.29 is 22.7 Å². The van der Waals surface area contributed by atoms with Crippen molar-refractivity contribution in [3.63, 3.8) is 0 Å². The van der Waals surface area contributed by atoms with Gasteiger partial charge in [0.1, 0.15) is 11.4 Å². The number of rotatable bonds is 7. The Bertz CT molecular complexity index is 738. The van der Waals surface area contributed by atoms with E-state index in [9.17, 15) is 18.0 Å². The Balaban J connectivity index is 3.09. The van der Waals surface area contributed by atoms with Gasteiger partial charge in [0.25, 0.3) is 0 Å². The minimum absolute atomic E-state index is 0.00241. The average molecular weight is 414 g/mol. The summed E-state index contributed by atoms with van der Waals surface area (Å²) in [5.74, 6) is 0.151. The predicted octanol–water partition coefficient (Wildman–Crippen LogP) is 3.19. The highest BCUT2D eigenvalue weighted by Gasteiger charge is 2.34. The van der Waals surface area contributed by atoms with Gasteiger partial charge in [-0.1, -0.05) is 12.1 Å². The highest BCUT2D eigenvalue weighted by Crippen LogP contribution is 2.35. The number of halogens is 3. The first-order chi connectivity index (χ1) is 13.3. The maximum Gasteiger partial charge on any atom is 0.416 e. The molecule has 0 bridgehead atoms. The Morgan fingerprint density at radius 3 is 2.41 bits per heavy atom. The third-order valence-electron chi connectivity index (χ3n) is 3.54. The van der Waals surface area contributed by atoms with Crippen molar-refractivity contribution in [2.45, 2.75) is 39.1 Å². The van der Waals surface area contributed by atoms with Crippen LogP contribution in [0.1, 0.15) is 31.9 Å². The summed E-state index contributed by atoms with van der Waals surface area (Å²) in [6.07, 6.45) is -2.98. The van der Waals surface area contributed by atoms with E-state index in [1.807, 2.05) is 0 Å². The van der Waals surface area contributed by atoms with Gasteiger partial charge in [-0.3, -0.25) is 4.79 Å². The van der Waals surface area contributed by atoms with E-state index in [1.165, 1.54) is 17.0 Å². The number of carbonyl (C=O) groups excluding carboxylic acids is 1. The topological polar surface area (TPSA) is 66.0 Å². The first-order valence-electron chi connectivity index (χ1n) is 9.06. The number of hydrogen-bond donors (Lipinski definition) is 2. The molecule has 1 aromatic carbocycles. The molecular formula is C20H29F3N4O2. The number of carbonyl (C=O) groups is 1. The molecule has 0 unspecified atom stereocenters. The van der Waals surface area contributed by atoms with Crippen LogP contribution in [0.15, 0.2) is 35.8 Å². The quantitative estimate of drug-likeness (QED) is 0.409. The van der Waals surface area contributed by atoms with Gasteiger partial charge < -0.3 is 20.3 Å². The monoisotopic (exact) mass is 414 g/mol. The van der Waals surface area contributed by atoms with Crippen molar-refractivity contribution in [1.82, 2.24) is 15.5 Å². The van der Waals surface area contributed by atoms with Crippen molar-refractivity contribution >= 4 is 11.9 Å². The van der Waals surface area contributed by atoms with Crippen LogP contribution in [-0.4, -0.2) is 49.6 Å². The molecule has 0 heterocycles. The summed E-state index contributed by atoms with van der Waals surface area (Å²) in [6, 6.07) is 3.82. The molecule has 0 radical (unpaired) electrons. The van der Waals surface area contributed by atoms with E-state index in [0.717, 1.165) is 6.07 Å². The predicted molar refractivity (Wildman–Crippen MR) is 108 cm³/mol. The lowest BCUT2D eigenvalue weighted by Gasteiger charge is -2.22. The van der Waals surface area contributed by atoms with Crippen molar-refractivity contribution in [3.8, 4) is 5.75 Å². The molecule has 0 spiro atoms. The number of aliphatic imine (C=N–C) groups is 1. The van der Waals surface area contributed by atoms with Crippen molar-refractivity contribution in [3.05, 3.63) is 42.0 Å². The largest absolute Gasteiger partial charge is 0.488 e. The smallest absolute Gasteiger partial charge is 0.416 e. The van der Waals surface area contributed by atoms with Crippen LogP contribution in [0.5, 0.6) is 5.75 Å². The van der Waals surface area contributed by atoms with Crippen LogP contribution in [0.25, 0.3) is 0 Å². The van der Waals surface area contributed by atoms with Crippen molar-refractivity contribution in [2.75, 3.05) is 27.2 Å². The van der Waals surface area contributed by atoms with Crippen LogP contribution in [0, 0.1) is 0 Å². The summed E-state index contributed by atoms with van der Waals surface area (Å²) in [5, 5.41) is 5.68. The molecule has 2 N–H and O–H groups in total. The number of alkyl halides is 3. The number of likely N-dealkylation sites (N-methyl/N-ethyl adjacent to an activating group) is 1. The number of nitrogens with one attached hydrogen (secondary N) is 2. The molecule has 1 rings (SSSR count). The van der Waals surface area contributed by atoms with E-state index in [0.29, 0.717) is 6.54 Å². The molecule has 1 amide bonds. The number of nitrogens with zero attached hydrogens (tertiary/aromatic N) is 2. The van der Waals surface area contributed by atoms with Gasteiger partial charge in [-0.15, -0.1) is 6.58 Å². The van der Waals surface area contributed by atoms with Crippen LogP contribution >= 0.6 is 0 Å². The molecule has 1 aromatic rings. The Morgan fingerprint density at radius 2 is 1.90 bits per heavy atom. The standard InChI is InChI=1S/C20H29F3N4O2/c1-7-10-24-18(26-13-17(28)27(5)6)25-12-14-8-9-15(29-19(2,3)4)11-16(14)20(21,22)23/h7-9,11H,1,10,12-13H2,2-6H3,(H2,24,25,26). The minimum Gasteiger partial charge on any atom is -0.488 e. The van der Waals surface area contributed by atoms with Gasteiger partial charge in [-0.25, -0.2) is 4.99 Å². The zero-order valence-electron chi connectivity index (χ0n) is 17.5. The third kappa shape index (κ3) is 8.89. The Labute approximate surface area is 169 Å². The lowest BCUT2D eigenvalue weighted by Crippen LogP contribution is -2.43. The highest BCUT2D eigenvalue weighted by molar-refractivity contribution is 5.86. The summed E-state index contributed by atoms with van der Waals surface area (Å²) in [5.41, 5.74) is -1.43. The van der Waals surface area contributed by atoms with Gasteiger partial charge in [0.2, 0.25) is 5.91 Å². The fourth-order valence-electron chi connectivity index (χ4n) is 2.20. The second kappa shape index (κ2) is 10.2. The van der Waals surface area contributed by atoms with Crippen LogP contribution in [0.2, 0.25) is 0 Å². The number of amides is 1. The molecule has 0 saturated carbocycles. The molecule has 162 valence electrons. The van der Waals surface area contributed by atoms with Crippen LogP contribution in [-0.2, 0) is 17.5 Å². The summed E-state index contributed by atoms with van der Waals surface area (Å²) in [4.78, 5) is 17.3. The lowest BCUT2D eigenvalue weighted by molar-refractivity contribution is -0.138. The van der Waals surface area contributed by atoms with E-state index in [-0.39, 0.29) is 36.3 Å². The second-order valence-electron chi connectivity index (χ2n) is 7.51. The first kappa shape index (κ1) is 24.3. The average Bonchev–Trinajstić information content (AvgIpc) is 2.59. The molecule has 29 heavy (non-hydrogen) atoms. The first-order valence-corrected chi connectivity index (χ1v) is 9.06. The number of ether oxygens (including phenoxy) is 1. The SMILES string of the molecule is C=CCNC(=NCc1ccc(OC(C)(C)C)cc1C(F)(F)F)NCC(=O)N(C)C. The van der Waals surface area contributed by atoms with Gasteiger partial charge in [0.15, 0.2) is 5.96 Å². The van der Waals surface area contributed by atoms with E-state index in [2.05, 4.69) is 22.2 Å². The van der Waals surface area contributed by atoms with Crippen LogP contribution < -0.4 is 15.4 Å². The fourth-order valence-corrected chi connectivity index (χ4v) is 2.20. The van der Waals surface area contributed by atoms with Crippen LogP contribution in [0.4, 0.5) is 13.2 Å². The third-order valence-corrected chi connectivity index (χ3v) is 3.54. The Morgan fingerprint density at radius 1 is 1.24 bits per heavy atom. The normalized spacial score (nSPS) is 12.3. The van der Waals surface area contributed by atoms with E-state index in [1.54, 1.807) is 40.9 Å². The molecule has 0 fully saturated rings. The number of guanidine groups is 1. The van der Waals surface area contributed by atoms with Gasteiger partial charge in [-0.05, 0) is 38.5 Å². The molecule has 0 aromatic heterocycles. The van der Waals surface area contributed by atoms with Crippen LogP contribution in [0.3, 0.4) is 0 Å². The van der Waals surface area contributed by atoms with Gasteiger partial charge in [0, 0.05) is 20.6 Å². The molecule has 0 aliphatic heterocycles. The number of hydrogen-bond acceptors (Lipinski definition) is 3. The summed E-state index contributed by atoms with van der Waals surface area (Å²) in [6.45, 7) is 8.93. The lowest BCUT2D eigenvalue weighted by atomic mass is 10.1. The van der Waals surface area contributed by atoms with Crippen molar-refractivity contribution in [2.24, 2.45) is 4.99 Å². The molecule has 0 atom stereocenters. The molecular weight excluding hydrogens is 385 g/mol. The van der Waals surface area contributed by atoms with Crippen molar-refractivity contribution in [1.29, 1.82) is 0 Å². The maximum atomic E-state index is 13.5. The molecule has 9 heteroatoms. The highest BCUT2D eigenvalue weighted by atomic mass is 19.4. The molecule has 0 aliphatic carbocycles. The van der Waals surface area contributed by atoms with E-state index >= 15 is 0 Å². The Kier molecular flexibility index (Phi) is 8.54. The molecule has 0 aliphatic rings. The second-order valence-corrected chi connectivity index (χ2v) is 7.51. The minimum atomic E-state index is -4.55. The van der Waals surface area contributed by atoms with Gasteiger partial charge in [-0.2, -0.15) is 13.2 Å². The zero-order valence-corrected chi connectivity index (χ0v) is 17.5.